The summed E-state index contributed by atoms with van der Waals surface area (Å²) in [5.41, 5.74) is 0.674. The number of carbonyl (C=O) groups is 1. The highest BCUT2D eigenvalue weighted by atomic mass is 32.2. The third kappa shape index (κ3) is 5.42. The maximum atomic E-state index is 12.6. The van der Waals surface area contributed by atoms with Gasteiger partial charge in [0.15, 0.2) is 9.84 Å². The third-order valence-electron chi connectivity index (χ3n) is 3.70. The average Bonchev–Trinajstić information content (AvgIpc) is 2.53. The first-order valence-electron chi connectivity index (χ1n) is 7.54. The van der Waals surface area contributed by atoms with Gasteiger partial charge in [0, 0.05) is 13.0 Å². The van der Waals surface area contributed by atoms with Crippen LogP contribution in [0.2, 0.25) is 0 Å². The minimum absolute atomic E-state index is 0.0872. The minimum Gasteiger partial charge on any atom is -0.469 e. The number of aryl methyl sites for hydroxylation is 1. The molecule has 0 fully saturated rings. The van der Waals surface area contributed by atoms with Crippen LogP contribution in [0.25, 0.3) is 0 Å². The number of hydrogen-bond donors (Lipinski definition) is 0. The first-order chi connectivity index (χ1) is 10.4. The lowest BCUT2D eigenvalue weighted by Crippen LogP contribution is -2.29. The van der Waals surface area contributed by atoms with Crippen LogP contribution in [0.5, 0.6) is 0 Å². The maximum absolute atomic E-state index is 12.6. The van der Waals surface area contributed by atoms with Crippen molar-refractivity contribution >= 4 is 15.8 Å². The Hall–Kier alpha value is -1.40. The Balaban J connectivity index is 2.87. The number of sulfone groups is 1. The predicted octanol–water partition coefficient (Wildman–Crippen LogP) is 1.91. The lowest BCUT2D eigenvalue weighted by atomic mass is 10.1. The van der Waals surface area contributed by atoms with Crippen LogP contribution < -0.4 is 0 Å². The fourth-order valence-corrected chi connectivity index (χ4v) is 3.83. The average molecular weight is 327 g/mol. The monoisotopic (exact) mass is 327 g/mol. The van der Waals surface area contributed by atoms with Crippen LogP contribution in [0, 0.1) is 0 Å². The second-order valence-corrected chi connectivity index (χ2v) is 7.11. The zero-order valence-electron chi connectivity index (χ0n) is 13.5. The van der Waals surface area contributed by atoms with Crippen molar-refractivity contribution < 1.29 is 17.9 Å². The van der Waals surface area contributed by atoms with Gasteiger partial charge in [0.05, 0.1) is 17.8 Å². The Kier molecular flexibility index (Phi) is 7.55. The molecule has 0 aliphatic rings. The molecule has 0 saturated heterocycles. The molecule has 0 radical (unpaired) electrons. The molecule has 0 heterocycles. The lowest BCUT2D eigenvalue weighted by Gasteiger charge is -2.18. The van der Waals surface area contributed by atoms with E-state index in [0.29, 0.717) is 23.4 Å². The number of benzene rings is 1. The van der Waals surface area contributed by atoms with Crippen molar-refractivity contribution in [2.75, 3.05) is 32.5 Å². The van der Waals surface area contributed by atoms with Gasteiger partial charge in [-0.3, -0.25) is 4.79 Å². The van der Waals surface area contributed by atoms with Gasteiger partial charge in [-0.1, -0.05) is 32.0 Å². The van der Waals surface area contributed by atoms with Gasteiger partial charge in [0.2, 0.25) is 0 Å². The third-order valence-corrected chi connectivity index (χ3v) is 5.49. The number of methoxy groups -OCH3 is 1. The molecule has 0 atom stereocenters. The molecule has 1 aromatic carbocycles. The number of hydrogen-bond acceptors (Lipinski definition) is 5. The lowest BCUT2D eigenvalue weighted by molar-refractivity contribution is -0.140. The van der Waals surface area contributed by atoms with E-state index in [1.807, 2.05) is 13.8 Å². The summed E-state index contributed by atoms with van der Waals surface area (Å²) in [6.45, 7) is 6.20. The molecule has 0 aliphatic carbocycles. The number of esters is 1. The van der Waals surface area contributed by atoms with E-state index in [-0.39, 0.29) is 18.1 Å². The summed E-state index contributed by atoms with van der Waals surface area (Å²) >= 11 is 0. The molecule has 0 amide bonds. The summed E-state index contributed by atoms with van der Waals surface area (Å²) in [6, 6.07) is 6.87. The predicted molar refractivity (Wildman–Crippen MR) is 86.6 cm³/mol. The van der Waals surface area contributed by atoms with Gasteiger partial charge in [-0.2, -0.15) is 0 Å². The zero-order chi connectivity index (χ0) is 16.6. The SMILES string of the molecule is CCN(CC)CCS(=O)(=O)c1ccccc1CCC(=O)OC. The fraction of sp³-hybridized carbons (Fsp3) is 0.562. The second-order valence-electron chi connectivity index (χ2n) is 5.03. The topological polar surface area (TPSA) is 63.7 Å². The van der Waals surface area contributed by atoms with Gasteiger partial charge < -0.3 is 9.64 Å². The summed E-state index contributed by atoms with van der Waals surface area (Å²) in [7, 11) is -2.03. The molecule has 6 heteroatoms. The van der Waals surface area contributed by atoms with E-state index in [2.05, 4.69) is 9.64 Å². The standard InChI is InChI=1S/C16H25NO4S/c1-4-17(5-2)12-13-22(19,20)15-9-7-6-8-14(15)10-11-16(18)21-3/h6-9H,4-5,10-13H2,1-3H3. The van der Waals surface area contributed by atoms with E-state index < -0.39 is 9.84 Å². The van der Waals surface area contributed by atoms with Crippen molar-refractivity contribution in [2.45, 2.75) is 31.6 Å². The summed E-state index contributed by atoms with van der Waals surface area (Å²) in [6.07, 6.45) is 0.548. The highest BCUT2D eigenvalue weighted by Crippen LogP contribution is 2.19. The zero-order valence-corrected chi connectivity index (χ0v) is 14.4. The molecular formula is C16H25NO4S. The van der Waals surface area contributed by atoms with Crippen LogP contribution in [0.15, 0.2) is 29.2 Å². The van der Waals surface area contributed by atoms with Gasteiger partial charge in [-0.25, -0.2) is 8.42 Å². The fourth-order valence-electron chi connectivity index (χ4n) is 2.25. The highest BCUT2D eigenvalue weighted by molar-refractivity contribution is 7.91. The number of rotatable bonds is 9. The highest BCUT2D eigenvalue weighted by Gasteiger charge is 2.19. The molecule has 124 valence electrons. The van der Waals surface area contributed by atoms with Crippen LogP contribution in [0.1, 0.15) is 25.8 Å². The smallest absolute Gasteiger partial charge is 0.305 e. The van der Waals surface area contributed by atoms with E-state index in [0.717, 1.165) is 13.1 Å². The number of carbonyl (C=O) groups excluding carboxylic acids is 1. The normalized spacial score (nSPS) is 11.6. The largest absolute Gasteiger partial charge is 0.469 e. The van der Waals surface area contributed by atoms with Crippen molar-refractivity contribution in [3.63, 3.8) is 0 Å². The Morgan fingerprint density at radius 2 is 1.82 bits per heavy atom. The van der Waals surface area contributed by atoms with Crippen LogP contribution in [0.4, 0.5) is 0 Å². The molecule has 0 bridgehead atoms. The van der Waals surface area contributed by atoms with Gasteiger partial charge in [0.1, 0.15) is 0 Å². The molecule has 0 N–H and O–H groups in total. The van der Waals surface area contributed by atoms with E-state index in [9.17, 15) is 13.2 Å². The van der Waals surface area contributed by atoms with Crippen LogP contribution in [0.3, 0.4) is 0 Å². The number of nitrogens with zero attached hydrogens (tertiary/aromatic N) is 1. The van der Waals surface area contributed by atoms with Crippen LogP contribution >= 0.6 is 0 Å². The van der Waals surface area contributed by atoms with E-state index in [1.165, 1.54) is 7.11 Å². The Bertz CT molecular complexity index is 580. The van der Waals surface area contributed by atoms with E-state index >= 15 is 0 Å². The van der Waals surface area contributed by atoms with Gasteiger partial charge in [-0.15, -0.1) is 0 Å². The Labute approximate surface area is 133 Å². The van der Waals surface area contributed by atoms with E-state index in [1.54, 1.807) is 24.3 Å². The summed E-state index contributed by atoms with van der Waals surface area (Å²) in [4.78, 5) is 13.7. The molecule has 0 spiro atoms. The quantitative estimate of drug-likeness (QED) is 0.648. The summed E-state index contributed by atoms with van der Waals surface area (Å²) < 4.78 is 29.7. The minimum atomic E-state index is -3.35. The van der Waals surface area contributed by atoms with Crippen molar-refractivity contribution in [3.05, 3.63) is 29.8 Å². The van der Waals surface area contributed by atoms with Crippen molar-refractivity contribution in [3.8, 4) is 0 Å². The van der Waals surface area contributed by atoms with Crippen LogP contribution in [-0.2, 0) is 25.8 Å². The second kappa shape index (κ2) is 8.90. The van der Waals surface area contributed by atoms with E-state index in [4.69, 9.17) is 0 Å². The van der Waals surface area contributed by atoms with Crippen molar-refractivity contribution in [1.82, 2.24) is 4.90 Å². The molecule has 22 heavy (non-hydrogen) atoms. The molecule has 0 unspecified atom stereocenters. The molecule has 1 rings (SSSR count). The van der Waals surface area contributed by atoms with Crippen molar-refractivity contribution in [2.24, 2.45) is 0 Å². The maximum Gasteiger partial charge on any atom is 0.305 e. The molecule has 0 aliphatic heterocycles. The first kappa shape index (κ1) is 18.6. The van der Waals surface area contributed by atoms with Crippen LogP contribution in [-0.4, -0.2) is 51.8 Å². The Morgan fingerprint density at radius 3 is 2.41 bits per heavy atom. The Morgan fingerprint density at radius 1 is 1.18 bits per heavy atom. The molecule has 5 nitrogen and oxygen atoms in total. The first-order valence-corrected chi connectivity index (χ1v) is 9.19. The van der Waals surface area contributed by atoms with Gasteiger partial charge in [-0.05, 0) is 31.1 Å². The summed E-state index contributed by atoms with van der Waals surface area (Å²) in [5, 5.41) is 0. The summed E-state index contributed by atoms with van der Waals surface area (Å²) in [5.74, 6) is -0.250. The molecule has 0 saturated carbocycles. The van der Waals surface area contributed by atoms with Gasteiger partial charge in [0.25, 0.3) is 0 Å². The molecule has 1 aromatic rings. The van der Waals surface area contributed by atoms with Crippen molar-refractivity contribution in [1.29, 1.82) is 0 Å². The molecule has 0 aromatic heterocycles. The molecular weight excluding hydrogens is 302 g/mol. The van der Waals surface area contributed by atoms with Gasteiger partial charge >= 0.3 is 5.97 Å². The number of ether oxygens (including phenoxy) is 1.